The maximum absolute atomic E-state index is 13.3. The minimum absolute atomic E-state index is 0.0482. The molecule has 3 saturated carbocycles. The van der Waals surface area contributed by atoms with Gasteiger partial charge in [-0.05, 0) is 43.9 Å². The number of hydrogen-bond acceptors (Lipinski definition) is 4. The molecule has 6 heteroatoms. The van der Waals surface area contributed by atoms with Gasteiger partial charge < -0.3 is 19.9 Å². The van der Waals surface area contributed by atoms with Crippen molar-refractivity contribution < 1.29 is 14.3 Å². The Morgan fingerprint density at radius 1 is 1.21 bits per heavy atom. The molecule has 4 fully saturated rings. The first-order chi connectivity index (χ1) is 13.6. The molecule has 1 spiro atoms. The van der Waals surface area contributed by atoms with Crippen LogP contribution in [-0.2, 0) is 4.79 Å². The lowest BCUT2D eigenvalue weighted by Gasteiger charge is -2.55. The van der Waals surface area contributed by atoms with E-state index < -0.39 is 5.72 Å². The molecule has 2 bridgehead atoms. The van der Waals surface area contributed by atoms with Gasteiger partial charge in [0.1, 0.15) is 5.75 Å². The van der Waals surface area contributed by atoms with E-state index in [4.69, 9.17) is 4.74 Å². The minimum Gasteiger partial charge on any atom is -0.467 e. The molecule has 6 nitrogen and oxygen atoms in total. The summed E-state index contributed by atoms with van der Waals surface area (Å²) in [5.41, 5.74) is -0.0255. The number of fused-ring (bicyclic) bond motifs is 3. The van der Waals surface area contributed by atoms with E-state index in [1.165, 1.54) is 0 Å². The van der Waals surface area contributed by atoms with Crippen molar-refractivity contribution in [2.45, 2.75) is 38.3 Å². The Hall–Kier alpha value is -2.08. The molecule has 4 atom stereocenters. The molecule has 1 aromatic rings. The normalized spacial score (nSPS) is 34.7. The summed E-state index contributed by atoms with van der Waals surface area (Å²) >= 11 is 0. The third-order valence-corrected chi connectivity index (χ3v) is 7.42. The van der Waals surface area contributed by atoms with Gasteiger partial charge in [0.25, 0.3) is 5.91 Å². The van der Waals surface area contributed by atoms with Crippen LogP contribution in [0.5, 0.6) is 5.75 Å². The number of rotatable bonds is 2. The minimum atomic E-state index is -0.633. The molecule has 1 saturated heterocycles. The van der Waals surface area contributed by atoms with E-state index in [9.17, 15) is 9.59 Å². The van der Waals surface area contributed by atoms with Crippen LogP contribution in [0.25, 0.3) is 0 Å². The van der Waals surface area contributed by atoms with Gasteiger partial charge in [-0.25, -0.2) is 0 Å². The summed E-state index contributed by atoms with van der Waals surface area (Å²) in [5, 5.41) is 3.18. The second-order valence-corrected chi connectivity index (χ2v) is 8.78. The maximum atomic E-state index is 13.3. The fourth-order valence-electron chi connectivity index (χ4n) is 5.78. The highest BCUT2D eigenvalue weighted by atomic mass is 16.5. The summed E-state index contributed by atoms with van der Waals surface area (Å²) in [6.45, 7) is 6.86. The highest BCUT2D eigenvalue weighted by molar-refractivity contribution is 5.98. The van der Waals surface area contributed by atoms with Crippen molar-refractivity contribution in [2.75, 3.05) is 32.7 Å². The highest BCUT2D eigenvalue weighted by Crippen LogP contribution is 2.52. The largest absolute Gasteiger partial charge is 0.467 e. The number of para-hydroxylation sites is 1. The third kappa shape index (κ3) is 2.81. The quantitative estimate of drug-likeness (QED) is 0.850. The average Bonchev–Trinajstić information content (AvgIpc) is 2.73. The molecule has 6 rings (SSSR count). The molecule has 2 heterocycles. The number of piperazine rings is 1. The van der Waals surface area contributed by atoms with E-state index in [1.807, 2.05) is 18.2 Å². The third-order valence-electron chi connectivity index (χ3n) is 7.42. The molecule has 0 radical (unpaired) electrons. The summed E-state index contributed by atoms with van der Waals surface area (Å²) < 4.78 is 6.40. The van der Waals surface area contributed by atoms with E-state index in [1.54, 1.807) is 6.07 Å². The van der Waals surface area contributed by atoms with Gasteiger partial charge in [-0.1, -0.05) is 19.1 Å². The number of benzene rings is 1. The van der Waals surface area contributed by atoms with Crippen molar-refractivity contribution in [3.8, 4) is 5.75 Å². The van der Waals surface area contributed by atoms with Crippen LogP contribution in [0.4, 0.5) is 0 Å². The van der Waals surface area contributed by atoms with Crippen molar-refractivity contribution in [3.63, 3.8) is 0 Å². The van der Waals surface area contributed by atoms with Crippen molar-refractivity contribution in [2.24, 2.45) is 17.8 Å². The Bertz CT molecular complexity index is 789. The molecular weight excluding hydrogens is 354 g/mol. The molecule has 2 amide bonds. The number of likely N-dealkylation sites (N-methyl/N-ethyl adjacent to an activating group) is 1. The zero-order valence-electron chi connectivity index (χ0n) is 16.5. The van der Waals surface area contributed by atoms with Crippen molar-refractivity contribution in [1.29, 1.82) is 0 Å². The second kappa shape index (κ2) is 6.76. The van der Waals surface area contributed by atoms with Crippen LogP contribution in [0.1, 0.15) is 43.0 Å². The predicted octanol–water partition coefficient (Wildman–Crippen LogP) is 2.11. The lowest BCUT2D eigenvalue weighted by molar-refractivity contribution is -0.156. The van der Waals surface area contributed by atoms with Crippen molar-refractivity contribution in [1.82, 2.24) is 15.1 Å². The molecule has 1 N–H and O–H groups in total. The molecular formula is C22H29N3O3. The van der Waals surface area contributed by atoms with Gasteiger partial charge in [0.05, 0.1) is 5.56 Å². The van der Waals surface area contributed by atoms with E-state index in [0.29, 0.717) is 17.2 Å². The highest BCUT2D eigenvalue weighted by Gasteiger charge is 2.57. The molecule has 28 heavy (non-hydrogen) atoms. The van der Waals surface area contributed by atoms with Gasteiger partial charge in [-0.3, -0.25) is 9.59 Å². The number of amides is 2. The van der Waals surface area contributed by atoms with Crippen molar-refractivity contribution in [3.05, 3.63) is 29.8 Å². The Morgan fingerprint density at radius 3 is 2.71 bits per heavy atom. The summed E-state index contributed by atoms with van der Waals surface area (Å²) in [7, 11) is 0. The summed E-state index contributed by atoms with van der Waals surface area (Å²) in [6, 6.07) is 7.46. The van der Waals surface area contributed by atoms with Crippen LogP contribution in [-0.4, -0.2) is 60.1 Å². The Labute approximate surface area is 166 Å². The molecule has 0 unspecified atom stereocenters. The van der Waals surface area contributed by atoms with Gasteiger partial charge in [-0.2, -0.15) is 0 Å². The van der Waals surface area contributed by atoms with Gasteiger partial charge in [-0.15, -0.1) is 0 Å². The number of ether oxygens (including phenoxy) is 1. The molecule has 0 aromatic heterocycles. The van der Waals surface area contributed by atoms with E-state index in [0.717, 1.165) is 58.4 Å². The average molecular weight is 383 g/mol. The zero-order valence-corrected chi connectivity index (χ0v) is 16.5. The Kier molecular flexibility index (Phi) is 4.34. The number of carbonyl (C=O) groups is 2. The van der Waals surface area contributed by atoms with Crippen LogP contribution < -0.4 is 10.1 Å². The molecule has 150 valence electrons. The molecule has 3 aliphatic carbocycles. The Balaban J connectivity index is 1.32. The van der Waals surface area contributed by atoms with E-state index >= 15 is 0 Å². The Morgan fingerprint density at radius 2 is 2.00 bits per heavy atom. The number of carbonyl (C=O) groups excluding carboxylic acids is 2. The van der Waals surface area contributed by atoms with Crippen LogP contribution >= 0.6 is 0 Å². The standard InChI is InChI=1S/C22H29N3O3/c1-2-24-9-11-25(12-10-24)21(27)18-13-16-8-7-15(18)14-22(16)23-20(26)17-5-3-4-6-19(17)28-22/h3-6,15-16,18H,2,7-14H2,1H3,(H,23,26)/t15-,16+,18+,22+/m1/s1. The maximum Gasteiger partial charge on any atom is 0.258 e. The fraction of sp³-hybridized carbons (Fsp3) is 0.636. The van der Waals surface area contributed by atoms with Gasteiger partial charge >= 0.3 is 0 Å². The second-order valence-electron chi connectivity index (χ2n) is 8.78. The van der Waals surface area contributed by atoms with Gasteiger partial charge in [0.2, 0.25) is 5.91 Å². The monoisotopic (exact) mass is 383 g/mol. The molecule has 1 aromatic carbocycles. The smallest absolute Gasteiger partial charge is 0.258 e. The predicted molar refractivity (Wildman–Crippen MR) is 105 cm³/mol. The summed E-state index contributed by atoms with van der Waals surface area (Å²) in [4.78, 5) is 30.4. The number of nitrogens with one attached hydrogen (secondary N) is 1. The van der Waals surface area contributed by atoms with Crippen LogP contribution in [0, 0.1) is 17.8 Å². The van der Waals surface area contributed by atoms with Crippen molar-refractivity contribution >= 4 is 11.8 Å². The van der Waals surface area contributed by atoms with Gasteiger partial charge in [0, 0.05) is 44.4 Å². The molecule has 5 aliphatic rings. The van der Waals surface area contributed by atoms with E-state index in [2.05, 4.69) is 22.0 Å². The van der Waals surface area contributed by atoms with Crippen LogP contribution in [0.2, 0.25) is 0 Å². The number of nitrogens with zero attached hydrogens (tertiary/aromatic N) is 2. The summed E-state index contributed by atoms with van der Waals surface area (Å²) in [5.74, 6) is 1.51. The zero-order chi connectivity index (χ0) is 19.3. The number of hydrogen-bond donors (Lipinski definition) is 1. The van der Waals surface area contributed by atoms with Crippen LogP contribution in [0.3, 0.4) is 0 Å². The lowest BCUT2D eigenvalue weighted by atomic mass is 9.59. The fourth-order valence-corrected chi connectivity index (χ4v) is 5.78. The topological polar surface area (TPSA) is 61.9 Å². The first-order valence-corrected chi connectivity index (χ1v) is 10.7. The first kappa shape index (κ1) is 18.0. The lowest BCUT2D eigenvalue weighted by Crippen LogP contribution is -2.67. The first-order valence-electron chi connectivity index (χ1n) is 10.7. The SMILES string of the molecule is CCN1CCN(C(=O)[C@H]2C[C@@H]3CC[C@@H]2C[C@@]32NC(=O)c3ccccc3O2)CC1. The van der Waals surface area contributed by atoms with E-state index in [-0.39, 0.29) is 23.7 Å². The molecule has 2 aliphatic heterocycles. The van der Waals surface area contributed by atoms with Gasteiger partial charge in [0.15, 0.2) is 5.72 Å². The van der Waals surface area contributed by atoms with Crippen LogP contribution in [0.15, 0.2) is 24.3 Å². The summed E-state index contributed by atoms with van der Waals surface area (Å²) in [6.07, 6.45) is 3.63.